The number of furan rings is 1. The standard InChI is InChI=1S/C16H11BrN2O3/c17-11-6-8-12(9-7-11)19-16(21)14(15(20)18-19)5-1-3-13-4-2-10-22-13/h1-10H,(H,18,20)/b3-1+,14-5-. The highest BCUT2D eigenvalue weighted by Gasteiger charge is 2.33. The Morgan fingerprint density at radius 1 is 1.14 bits per heavy atom. The lowest BCUT2D eigenvalue weighted by atomic mass is 10.2. The first kappa shape index (κ1) is 14.3. The van der Waals surface area contributed by atoms with Crippen LogP contribution in [-0.4, -0.2) is 11.8 Å². The fourth-order valence-corrected chi connectivity index (χ4v) is 2.24. The van der Waals surface area contributed by atoms with Crippen LogP contribution in [0.3, 0.4) is 0 Å². The number of amides is 2. The van der Waals surface area contributed by atoms with E-state index in [2.05, 4.69) is 21.4 Å². The van der Waals surface area contributed by atoms with Gasteiger partial charge in [0.25, 0.3) is 11.8 Å². The van der Waals surface area contributed by atoms with Gasteiger partial charge in [-0.2, -0.15) is 0 Å². The molecule has 6 heteroatoms. The summed E-state index contributed by atoms with van der Waals surface area (Å²) < 4.78 is 6.03. The van der Waals surface area contributed by atoms with Crippen molar-refractivity contribution in [1.29, 1.82) is 0 Å². The fraction of sp³-hybridized carbons (Fsp3) is 0. The lowest BCUT2D eigenvalue weighted by molar-refractivity contribution is -0.117. The minimum absolute atomic E-state index is 0.0747. The number of anilines is 1. The van der Waals surface area contributed by atoms with E-state index in [9.17, 15) is 9.59 Å². The van der Waals surface area contributed by atoms with Gasteiger partial charge in [0.2, 0.25) is 0 Å². The smallest absolute Gasteiger partial charge is 0.282 e. The van der Waals surface area contributed by atoms with E-state index in [1.807, 2.05) is 0 Å². The van der Waals surface area contributed by atoms with E-state index in [1.165, 1.54) is 11.1 Å². The van der Waals surface area contributed by atoms with Gasteiger partial charge in [0.1, 0.15) is 11.3 Å². The number of carbonyl (C=O) groups is 2. The monoisotopic (exact) mass is 358 g/mol. The number of benzene rings is 1. The molecule has 5 nitrogen and oxygen atoms in total. The maximum Gasteiger partial charge on any atom is 0.282 e. The highest BCUT2D eigenvalue weighted by molar-refractivity contribution is 9.10. The van der Waals surface area contributed by atoms with E-state index in [-0.39, 0.29) is 5.57 Å². The summed E-state index contributed by atoms with van der Waals surface area (Å²) in [5.74, 6) is -0.180. The Morgan fingerprint density at radius 2 is 1.91 bits per heavy atom. The van der Waals surface area contributed by atoms with E-state index in [1.54, 1.807) is 54.8 Å². The van der Waals surface area contributed by atoms with Gasteiger partial charge in [-0.05, 0) is 48.6 Å². The third kappa shape index (κ3) is 2.87. The predicted octanol–water partition coefficient (Wildman–Crippen LogP) is 3.06. The van der Waals surface area contributed by atoms with Gasteiger partial charge in [-0.1, -0.05) is 22.0 Å². The van der Waals surface area contributed by atoms with E-state index in [4.69, 9.17) is 4.42 Å². The molecule has 110 valence electrons. The van der Waals surface area contributed by atoms with Crippen molar-refractivity contribution in [2.45, 2.75) is 0 Å². The lowest BCUT2D eigenvalue weighted by Crippen LogP contribution is -2.35. The van der Waals surface area contributed by atoms with Crippen LogP contribution in [0.15, 0.2) is 69.3 Å². The molecule has 0 radical (unpaired) electrons. The minimum atomic E-state index is -0.433. The predicted molar refractivity (Wildman–Crippen MR) is 85.6 cm³/mol. The molecule has 1 aliphatic rings. The number of hydrogen-bond donors (Lipinski definition) is 1. The number of halogens is 1. The Bertz CT molecular complexity index is 761. The van der Waals surface area contributed by atoms with Crippen LogP contribution < -0.4 is 10.4 Å². The van der Waals surface area contributed by atoms with Crippen LogP contribution in [0.5, 0.6) is 0 Å². The van der Waals surface area contributed by atoms with Crippen molar-refractivity contribution in [2.24, 2.45) is 0 Å². The van der Waals surface area contributed by atoms with E-state index >= 15 is 0 Å². The summed E-state index contributed by atoms with van der Waals surface area (Å²) in [4.78, 5) is 24.2. The molecule has 22 heavy (non-hydrogen) atoms. The van der Waals surface area contributed by atoms with Gasteiger partial charge in [0.05, 0.1) is 12.0 Å². The maximum atomic E-state index is 12.3. The Balaban J connectivity index is 1.80. The molecular weight excluding hydrogens is 348 g/mol. The Hall–Kier alpha value is -2.60. The van der Waals surface area contributed by atoms with E-state index < -0.39 is 11.8 Å². The zero-order chi connectivity index (χ0) is 15.5. The highest BCUT2D eigenvalue weighted by Crippen LogP contribution is 2.22. The first-order valence-corrected chi connectivity index (χ1v) is 7.27. The third-order valence-electron chi connectivity index (χ3n) is 3.04. The van der Waals surface area contributed by atoms with Gasteiger partial charge in [-0.15, -0.1) is 0 Å². The third-order valence-corrected chi connectivity index (χ3v) is 3.57. The van der Waals surface area contributed by atoms with Crippen molar-refractivity contribution in [3.63, 3.8) is 0 Å². The average molecular weight is 359 g/mol. The molecule has 0 atom stereocenters. The topological polar surface area (TPSA) is 62.6 Å². The second kappa shape index (κ2) is 6.03. The number of rotatable bonds is 3. The second-order valence-corrected chi connectivity index (χ2v) is 5.43. The average Bonchev–Trinajstić information content (AvgIpc) is 3.11. The SMILES string of the molecule is O=C1NN(c2ccc(Br)cc2)C(=O)/C1=C\C=C\c1ccco1. The fourth-order valence-electron chi connectivity index (χ4n) is 1.97. The van der Waals surface area contributed by atoms with Crippen molar-refractivity contribution in [3.8, 4) is 0 Å². The van der Waals surface area contributed by atoms with Crippen LogP contribution in [0.1, 0.15) is 5.76 Å². The Morgan fingerprint density at radius 3 is 2.59 bits per heavy atom. The van der Waals surface area contributed by atoms with Gasteiger partial charge in [0, 0.05) is 4.47 Å². The zero-order valence-electron chi connectivity index (χ0n) is 11.3. The molecule has 2 heterocycles. The quantitative estimate of drug-likeness (QED) is 0.677. The highest BCUT2D eigenvalue weighted by atomic mass is 79.9. The Labute approximate surface area is 135 Å². The number of allylic oxidation sites excluding steroid dienone is 2. The van der Waals surface area contributed by atoms with Crippen LogP contribution in [0.4, 0.5) is 5.69 Å². The number of carbonyl (C=O) groups excluding carboxylic acids is 2. The van der Waals surface area contributed by atoms with Gasteiger partial charge < -0.3 is 4.42 Å². The lowest BCUT2D eigenvalue weighted by Gasteiger charge is -2.14. The van der Waals surface area contributed by atoms with Crippen LogP contribution in [0.25, 0.3) is 6.08 Å². The molecule has 3 rings (SSSR count). The van der Waals surface area contributed by atoms with E-state index in [0.29, 0.717) is 11.4 Å². The molecule has 1 fully saturated rings. The molecule has 1 aromatic carbocycles. The number of nitrogens with zero attached hydrogens (tertiary/aromatic N) is 1. The molecule has 0 saturated carbocycles. The van der Waals surface area contributed by atoms with Crippen LogP contribution in [-0.2, 0) is 9.59 Å². The van der Waals surface area contributed by atoms with Gasteiger partial charge >= 0.3 is 0 Å². The van der Waals surface area contributed by atoms with Gasteiger partial charge in [0.15, 0.2) is 0 Å². The molecular formula is C16H11BrN2O3. The zero-order valence-corrected chi connectivity index (χ0v) is 12.9. The van der Waals surface area contributed by atoms with Crippen molar-refractivity contribution >= 4 is 39.5 Å². The van der Waals surface area contributed by atoms with E-state index in [0.717, 1.165) is 4.47 Å². The molecule has 1 aliphatic heterocycles. The van der Waals surface area contributed by atoms with Crippen molar-refractivity contribution < 1.29 is 14.0 Å². The normalized spacial score (nSPS) is 16.8. The molecule has 0 spiro atoms. The largest absolute Gasteiger partial charge is 0.465 e. The first-order valence-electron chi connectivity index (χ1n) is 6.48. The second-order valence-electron chi connectivity index (χ2n) is 4.51. The molecule has 1 N–H and O–H groups in total. The molecule has 0 aliphatic carbocycles. The molecule has 1 saturated heterocycles. The summed E-state index contributed by atoms with van der Waals surface area (Å²) in [6.07, 6.45) is 6.31. The van der Waals surface area contributed by atoms with Crippen LogP contribution in [0, 0.1) is 0 Å². The molecule has 0 unspecified atom stereocenters. The summed E-state index contributed by atoms with van der Waals surface area (Å²) in [6, 6.07) is 10.6. The maximum absolute atomic E-state index is 12.3. The molecule has 1 aromatic heterocycles. The summed E-state index contributed by atoms with van der Waals surface area (Å²) in [7, 11) is 0. The van der Waals surface area contributed by atoms with Crippen molar-refractivity contribution in [2.75, 3.05) is 5.01 Å². The summed E-state index contributed by atoms with van der Waals surface area (Å²) in [5, 5.41) is 1.22. The molecule has 2 aromatic rings. The van der Waals surface area contributed by atoms with Gasteiger partial charge in [-0.25, -0.2) is 5.01 Å². The van der Waals surface area contributed by atoms with Crippen molar-refractivity contribution in [1.82, 2.24) is 5.43 Å². The Kier molecular flexibility index (Phi) is 3.93. The summed E-state index contributed by atoms with van der Waals surface area (Å²) >= 11 is 3.33. The van der Waals surface area contributed by atoms with Crippen LogP contribution in [0.2, 0.25) is 0 Å². The minimum Gasteiger partial charge on any atom is -0.465 e. The molecule has 0 bridgehead atoms. The first-order chi connectivity index (χ1) is 10.6. The number of hydrazine groups is 1. The van der Waals surface area contributed by atoms with Crippen molar-refractivity contribution in [3.05, 3.63) is 70.6 Å². The number of hydrogen-bond acceptors (Lipinski definition) is 3. The van der Waals surface area contributed by atoms with Crippen LogP contribution >= 0.6 is 15.9 Å². The summed E-state index contributed by atoms with van der Waals surface area (Å²) in [6.45, 7) is 0. The number of nitrogens with one attached hydrogen (secondary N) is 1. The molecule has 2 amide bonds. The summed E-state index contributed by atoms with van der Waals surface area (Å²) in [5.41, 5.74) is 3.21. The van der Waals surface area contributed by atoms with Gasteiger partial charge in [-0.3, -0.25) is 15.0 Å².